The molecule has 4 aromatic rings. The Kier molecular flexibility index (Phi) is 7.29. The largest absolute Gasteiger partial charge is 0.378 e. The molecule has 0 radical (unpaired) electrons. The van der Waals surface area contributed by atoms with Crippen LogP contribution in [-0.2, 0) is 35.6 Å². The van der Waals surface area contributed by atoms with Gasteiger partial charge in [0.05, 0.1) is 36.9 Å². The van der Waals surface area contributed by atoms with Crippen LogP contribution in [-0.4, -0.2) is 37.0 Å². The Hall–Kier alpha value is -4.02. The number of nitrogens with zero attached hydrogens (tertiary/aromatic N) is 4. The van der Waals surface area contributed by atoms with Crippen molar-refractivity contribution in [3.8, 4) is 0 Å². The van der Waals surface area contributed by atoms with Crippen molar-refractivity contribution in [2.75, 3.05) is 6.61 Å². The van der Waals surface area contributed by atoms with Crippen molar-refractivity contribution < 1.29 is 9.53 Å². The van der Waals surface area contributed by atoms with Crippen molar-refractivity contribution in [2.45, 2.75) is 31.4 Å². The Morgan fingerprint density at radius 1 is 0.892 bits per heavy atom. The molecule has 0 spiro atoms. The van der Waals surface area contributed by atoms with E-state index >= 15 is 0 Å². The van der Waals surface area contributed by atoms with Crippen LogP contribution >= 0.6 is 11.8 Å². The molecule has 5 rings (SSSR count). The van der Waals surface area contributed by atoms with E-state index < -0.39 is 5.69 Å². The summed E-state index contributed by atoms with van der Waals surface area (Å²) in [5, 5.41) is 0.358. The average molecular weight is 516 g/mol. The average Bonchev–Trinajstić information content (AvgIpc) is 3.23. The van der Waals surface area contributed by atoms with Gasteiger partial charge in [-0.1, -0.05) is 66.4 Å². The van der Waals surface area contributed by atoms with Crippen LogP contribution in [0.4, 0.5) is 0 Å². The molecule has 2 N–H and O–H groups in total. The molecule has 3 heterocycles. The first-order valence-corrected chi connectivity index (χ1v) is 12.7. The highest BCUT2D eigenvalue weighted by molar-refractivity contribution is 8.15. The van der Waals surface area contributed by atoms with E-state index in [1.807, 2.05) is 54.6 Å². The maximum atomic E-state index is 13.4. The van der Waals surface area contributed by atoms with E-state index in [9.17, 15) is 14.4 Å². The van der Waals surface area contributed by atoms with Gasteiger partial charge < -0.3 is 10.5 Å². The minimum atomic E-state index is -0.441. The molecule has 10 heteroatoms. The Labute approximate surface area is 216 Å². The second-order valence-corrected chi connectivity index (χ2v) is 9.88. The summed E-state index contributed by atoms with van der Waals surface area (Å²) in [5.41, 5.74) is 8.01. The smallest absolute Gasteiger partial charge is 0.333 e. The molecule has 0 saturated heterocycles. The molecule has 188 valence electrons. The number of hydrogen-bond acceptors (Lipinski definition) is 7. The molecule has 1 unspecified atom stereocenters. The molecule has 1 aliphatic rings. The van der Waals surface area contributed by atoms with Gasteiger partial charge in [0, 0.05) is 6.20 Å². The van der Waals surface area contributed by atoms with E-state index in [2.05, 4.69) is 9.98 Å². The number of ether oxygens (including phenoxy) is 1. The van der Waals surface area contributed by atoms with Gasteiger partial charge in [-0.15, -0.1) is 0 Å². The first-order chi connectivity index (χ1) is 18.0. The first kappa shape index (κ1) is 24.7. The fourth-order valence-corrected chi connectivity index (χ4v) is 5.08. The SMILES string of the molecule is NC1=NC(=O)C(Cc2ccc(Cn3c(=O)n(CCOCc4ccccc4)c(=O)c4cccnc43)cc2)S1. The van der Waals surface area contributed by atoms with Crippen LogP contribution < -0.4 is 17.0 Å². The maximum absolute atomic E-state index is 13.4. The highest BCUT2D eigenvalue weighted by Crippen LogP contribution is 2.24. The van der Waals surface area contributed by atoms with Crippen LogP contribution in [0, 0.1) is 0 Å². The van der Waals surface area contributed by atoms with Crippen molar-refractivity contribution in [1.29, 1.82) is 0 Å². The Bertz CT molecular complexity index is 1580. The van der Waals surface area contributed by atoms with Gasteiger partial charge in [-0.05, 0) is 35.2 Å². The summed E-state index contributed by atoms with van der Waals surface area (Å²) >= 11 is 1.27. The minimum Gasteiger partial charge on any atom is -0.378 e. The molecular formula is C27H25N5O4S. The van der Waals surface area contributed by atoms with E-state index in [1.54, 1.807) is 18.3 Å². The molecule has 1 atom stereocenters. The molecule has 1 amide bonds. The van der Waals surface area contributed by atoms with Gasteiger partial charge in [0.25, 0.3) is 11.5 Å². The van der Waals surface area contributed by atoms with E-state index in [0.29, 0.717) is 29.2 Å². The normalized spacial score (nSPS) is 15.3. The molecule has 1 aliphatic heterocycles. The number of carbonyl (C=O) groups excluding carboxylic acids is 1. The Balaban J connectivity index is 1.35. The third-order valence-corrected chi connectivity index (χ3v) is 7.08. The molecule has 2 aromatic carbocycles. The fourth-order valence-electron chi connectivity index (χ4n) is 4.22. The lowest BCUT2D eigenvalue weighted by Gasteiger charge is -2.14. The second-order valence-electron chi connectivity index (χ2n) is 8.65. The predicted octanol–water partition coefficient (Wildman–Crippen LogP) is 2.32. The van der Waals surface area contributed by atoms with Gasteiger partial charge in [-0.25, -0.2) is 9.78 Å². The standard InChI is InChI=1S/C27H25N5O4S/c28-26-30-24(33)22(37-26)15-18-8-10-19(11-9-18)16-32-23-21(7-4-12-29-23)25(34)31(27(32)35)13-14-36-17-20-5-2-1-3-6-20/h1-12,22H,13-17H2,(H2,28,30,33). The number of carbonyl (C=O) groups is 1. The number of pyridine rings is 1. The molecule has 2 aromatic heterocycles. The van der Waals surface area contributed by atoms with E-state index in [-0.39, 0.29) is 36.4 Å². The minimum absolute atomic E-state index is 0.132. The van der Waals surface area contributed by atoms with Gasteiger partial charge in [-0.3, -0.25) is 18.7 Å². The molecule has 0 fully saturated rings. The summed E-state index contributed by atoms with van der Waals surface area (Å²) in [6.45, 7) is 0.989. The lowest BCUT2D eigenvalue weighted by atomic mass is 10.1. The number of amidine groups is 1. The molecule has 9 nitrogen and oxygen atoms in total. The summed E-state index contributed by atoms with van der Waals surface area (Å²) in [6.07, 6.45) is 2.09. The van der Waals surface area contributed by atoms with Crippen molar-refractivity contribution in [3.63, 3.8) is 0 Å². The third-order valence-electron chi connectivity index (χ3n) is 6.09. The van der Waals surface area contributed by atoms with Crippen LogP contribution in [0.15, 0.2) is 87.5 Å². The number of thioether (sulfide) groups is 1. The summed E-state index contributed by atoms with van der Waals surface area (Å²) in [6, 6.07) is 20.7. The van der Waals surface area contributed by atoms with Gasteiger partial charge in [0.15, 0.2) is 5.17 Å². The van der Waals surface area contributed by atoms with Crippen molar-refractivity contribution in [1.82, 2.24) is 14.1 Å². The lowest BCUT2D eigenvalue weighted by molar-refractivity contribution is -0.117. The van der Waals surface area contributed by atoms with E-state index in [1.165, 1.54) is 20.9 Å². The topological polar surface area (TPSA) is 122 Å². The van der Waals surface area contributed by atoms with Crippen molar-refractivity contribution in [2.24, 2.45) is 10.7 Å². The number of amides is 1. The number of rotatable bonds is 9. The Morgan fingerprint density at radius 3 is 2.38 bits per heavy atom. The third kappa shape index (κ3) is 5.55. The molecular weight excluding hydrogens is 490 g/mol. The van der Waals surface area contributed by atoms with Gasteiger partial charge in [-0.2, -0.15) is 4.99 Å². The molecule has 0 saturated carbocycles. The van der Waals surface area contributed by atoms with Gasteiger partial charge >= 0.3 is 5.69 Å². The fraction of sp³-hybridized carbons (Fsp3) is 0.222. The Morgan fingerprint density at radius 2 is 1.65 bits per heavy atom. The van der Waals surface area contributed by atoms with Crippen LogP contribution in [0.25, 0.3) is 11.0 Å². The summed E-state index contributed by atoms with van der Waals surface area (Å²) in [5.74, 6) is -0.217. The molecule has 37 heavy (non-hydrogen) atoms. The second kappa shape index (κ2) is 10.9. The number of aliphatic imine (C=N–C) groups is 1. The summed E-state index contributed by atoms with van der Waals surface area (Å²) in [4.78, 5) is 46.5. The van der Waals surface area contributed by atoms with Gasteiger partial charge in [0.2, 0.25) is 0 Å². The van der Waals surface area contributed by atoms with Crippen molar-refractivity contribution >= 4 is 33.9 Å². The van der Waals surface area contributed by atoms with E-state index in [4.69, 9.17) is 10.5 Å². The van der Waals surface area contributed by atoms with Crippen LogP contribution in [0.5, 0.6) is 0 Å². The zero-order valence-electron chi connectivity index (χ0n) is 19.9. The van der Waals surface area contributed by atoms with Crippen LogP contribution in [0.2, 0.25) is 0 Å². The molecule has 0 aliphatic carbocycles. The summed E-state index contributed by atoms with van der Waals surface area (Å²) in [7, 11) is 0. The highest BCUT2D eigenvalue weighted by atomic mass is 32.2. The highest BCUT2D eigenvalue weighted by Gasteiger charge is 2.27. The quantitative estimate of drug-likeness (QED) is 0.340. The van der Waals surface area contributed by atoms with Crippen LogP contribution in [0.1, 0.15) is 16.7 Å². The number of aromatic nitrogens is 3. The monoisotopic (exact) mass is 515 g/mol. The number of fused-ring (bicyclic) bond motifs is 1. The molecule has 0 bridgehead atoms. The zero-order valence-corrected chi connectivity index (χ0v) is 20.8. The first-order valence-electron chi connectivity index (χ1n) is 11.8. The van der Waals surface area contributed by atoms with E-state index in [0.717, 1.165) is 16.7 Å². The summed E-state index contributed by atoms with van der Waals surface area (Å²) < 4.78 is 8.43. The number of nitrogens with two attached hydrogens (primary N) is 1. The maximum Gasteiger partial charge on any atom is 0.333 e. The predicted molar refractivity (Wildman–Crippen MR) is 144 cm³/mol. The zero-order chi connectivity index (χ0) is 25.8. The number of benzene rings is 2. The van der Waals surface area contributed by atoms with Crippen LogP contribution in [0.3, 0.4) is 0 Å². The number of hydrogen-bond donors (Lipinski definition) is 1. The van der Waals surface area contributed by atoms with Crippen molar-refractivity contribution in [3.05, 3.63) is 110 Å². The lowest BCUT2D eigenvalue weighted by Crippen LogP contribution is -2.41. The van der Waals surface area contributed by atoms with Gasteiger partial charge in [0.1, 0.15) is 5.65 Å².